The highest BCUT2D eigenvalue weighted by atomic mass is 35.5. The van der Waals surface area contributed by atoms with Crippen LogP contribution in [-0.4, -0.2) is 31.2 Å². The average molecular weight is 371 g/mol. The summed E-state index contributed by atoms with van der Waals surface area (Å²) in [5.41, 5.74) is 0. The first kappa shape index (κ1) is 17.4. The van der Waals surface area contributed by atoms with Crippen LogP contribution in [0.5, 0.6) is 0 Å². The Bertz CT molecular complexity index is 566. The van der Waals surface area contributed by atoms with Crippen LogP contribution < -0.4 is 0 Å². The molecule has 1 aliphatic rings. The van der Waals surface area contributed by atoms with Gasteiger partial charge in [0.25, 0.3) is 0 Å². The third-order valence-corrected chi connectivity index (χ3v) is 6.26. The van der Waals surface area contributed by atoms with Crippen LogP contribution in [-0.2, 0) is 10.0 Å². The van der Waals surface area contributed by atoms with E-state index in [0.717, 1.165) is 32.1 Å². The molecule has 0 atom stereocenters. The third kappa shape index (κ3) is 4.26. The molecule has 0 aromatic heterocycles. The molecule has 0 spiro atoms. The van der Waals surface area contributed by atoms with Gasteiger partial charge in [0.2, 0.25) is 10.0 Å². The highest BCUT2D eigenvalue weighted by Crippen LogP contribution is 2.30. The van der Waals surface area contributed by atoms with Crippen molar-refractivity contribution in [3.63, 3.8) is 0 Å². The molecule has 1 saturated carbocycles. The lowest BCUT2D eigenvalue weighted by atomic mass is 9.95. The summed E-state index contributed by atoms with van der Waals surface area (Å²) in [4.78, 5) is 0.135. The van der Waals surface area contributed by atoms with Gasteiger partial charge < -0.3 is 0 Å². The molecule has 1 aromatic carbocycles. The van der Waals surface area contributed by atoms with Crippen LogP contribution in [0.3, 0.4) is 0 Å². The Morgan fingerprint density at radius 3 is 2.14 bits per heavy atom. The summed E-state index contributed by atoms with van der Waals surface area (Å²) < 4.78 is 27.3. The molecule has 0 bridgehead atoms. The largest absolute Gasteiger partial charge is 0.243 e. The van der Waals surface area contributed by atoms with Crippen LogP contribution in [0.4, 0.5) is 0 Å². The molecule has 2 rings (SSSR count). The molecule has 7 heteroatoms. The van der Waals surface area contributed by atoms with E-state index in [1.807, 2.05) is 0 Å². The van der Waals surface area contributed by atoms with Gasteiger partial charge in [-0.15, -0.1) is 11.6 Å². The van der Waals surface area contributed by atoms with Crippen molar-refractivity contribution in [2.24, 2.45) is 0 Å². The summed E-state index contributed by atoms with van der Waals surface area (Å²) in [5, 5.41) is 0.631. The monoisotopic (exact) mass is 369 g/mol. The summed E-state index contributed by atoms with van der Waals surface area (Å²) in [5.74, 6) is 0.268. The van der Waals surface area contributed by atoms with Gasteiger partial charge in [0, 0.05) is 28.5 Å². The molecule has 1 fully saturated rings. The van der Waals surface area contributed by atoms with Gasteiger partial charge in [0.15, 0.2) is 0 Å². The number of hydrogen-bond donors (Lipinski definition) is 0. The Kier molecular flexibility index (Phi) is 6.21. The van der Waals surface area contributed by atoms with Gasteiger partial charge in [-0.05, 0) is 31.0 Å². The Hall–Kier alpha value is -0.000000000000000111. The molecule has 118 valence electrons. The minimum Gasteiger partial charge on any atom is -0.207 e. The minimum absolute atomic E-state index is 0.0141. The van der Waals surface area contributed by atoms with Crippen LogP contribution in [0.15, 0.2) is 23.1 Å². The summed E-state index contributed by atoms with van der Waals surface area (Å²) in [6.45, 7) is 0.304. The summed E-state index contributed by atoms with van der Waals surface area (Å²) in [7, 11) is -3.63. The Morgan fingerprint density at radius 1 is 1.05 bits per heavy atom. The average Bonchev–Trinajstić information content (AvgIpc) is 2.44. The van der Waals surface area contributed by atoms with E-state index in [1.54, 1.807) is 0 Å². The second-order valence-electron chi connectivity index (χ2n) is 5.20. The van der Waals surface area contributed by atoms with E-state index in [0.29, 0.717) is 16.6 Å². The van der Waals surface area contributed by atoms with E-state index in [1.165, 1.54) is 22.5 Å². The predicted octanol–water partition coefficient (Wildman–Crippen LogP) is 4.56. The smallest absolute Gasteiger partial charge is 0.207 e. The second kappa shape index (κ2) is 7.51. The van der Waals surface area contributed by atoms with Crippen LogP contribution in [0.1, 0.15) is 32.1 Å². The van der Waals surface area contributed by atoms with Crippen LogP contribution in [0.2, 0.25) is 10.0 Å². The topological polar surface area (TPSA) is 37.4 Å². The fraction of sp³-hybridized carbons (Fsp3) is 0.571. The van der Waals surface area contributed by atoms with Gasteiger partial charge >= 0.3 is 0 Å². The lowest BCUT2D eigenvalue weighted by Gasteiger charge is -2.33. The first-order chi connectivity index (χ1) is 9.95. The third-order valence-electron chi connectivity index (χ3n) is 3.73. The van der Waals surface area contributed by atoms with Gasteiger partial charge in [0.1, 0.15) is 0 Å². The lowest BCUT2D eigenvalue weighted by molar-refractivity contribution is 0.262. The SMILES string of the molecule is O=S(=O)(c1cc(Cl)cc(Cl)c1)N(CCCl)C1CCCCC1. The second-order valence-corrected chi connectivity index (χ2v) is 8.34. The Balaban J connectivity index is 2.36. The predicted molar refractivity (Wildman–Crippen MR) is 87.9 cm³/mol. The zero-order valence-electron chi connectivity index (χ0n) is 11.6. The quantitative estimate of drug-likeness (QED) is 0.713. The Labute approximate surface area is 141 Å². The van der Waals surface area contributed by atoms with Crippen LogP contribution in [0.25, 0.3) is 0 Å². The number of hydrogen-bond acceptors (Lipinski definition) is 2. The molecule has 0 saturated heterocycles. The zero-order chi connectivity index (χ0) is 15.5. The number of benzene rings is 1. The van der Waals surface area contributed by atoms with E-state index < -0.39 is 10.0 Å². The molecule has 1 aromatic rings. The van der Waals surface area contributed by atoms with Crippen molar-refractivity contribution >= 4 is 44.8 Å². The van der Waals surface area contributed by atoms with Gasteiger partial charge in [-0.3, -0.25) is 0 Å². The van der Waals surface area contributed by atoms with Crippen molar-refractivity contribution in [3.05, 3.63) is 28.2 Å². The highest BCUT2D eigenvalue weighted by Gasteiger charge is 2.32. The minimum atomic E-state index is -3.63. The molecule has 0 unspecified atom stereocenters. The van der Waals surface area contributed by atoms with E-state index in [2.05, 4.69) is 0 Å². The van der Waals surface area contributed by atoms with Crippen LogP contribution in [0, 0.1) is 0 Å². The maximum Gasteiger partial charge on any atom is 0.243 e. The summed E-state index contributed by atoms with van der Waals surface area (Å²) in [6.07, 6.45) is 5.02. The molecule has 0 heterocycles. The number of rotatable bonds is 5. The summed E-state index contributed by atoms with van der Waals surface area (Å²) in [6, 6.07) is 4.41. The fourth-order valence-electron chi connectivity index (χ4n) is 2.76. The van der Waals surface area contributed by atoms with Crippen molar-refractivity contribution in [2.45, 2.75) is 43.0 Å². The van der Waals surface area contributed by atoms with Gasteiger partial charge in [-0.25, -0.2) is 8.42 Å². The maximum atomic E-state index is 12.9. The molecule has 1 aliphatic carbocycles. The number of alkyl halides is 1. The number of halogens is 3. The van der Waals surface area contributed by atoms with E-state index in [9.17, 15) is 8.42 Å². The standard InChI is InChI=1S/C14H18Cl3NO2S/c15-6-7-18(13-4-2-1-3-5-13)21(19,20)14-9-11(16)8-12(17)10-14/h8-10,13H,1-7H2. The highest BCUT2D eigenvalue weighted by molar-refractivity contribution is 7.89. The van der Waals surface area contributed by atoms with Crippen molar-refractivity contribution < 1.29 is 8.42 Å². The molecule has 0 aliphatic heterocycles. The first-order valence-corrected chi connectivity index (χ1v) is 9.72. The van der Waals surface area contributed by atoms with Crippen LogP contribution >= 0.6 is 34.8 Å². The van der Waals surface area contributed by atoms with Crippen molar-refractivity contribution in [1.82, 2.24) is 4.31 Å². The lowest BCUT2D eigenvalue weighted by Crippen LogP contribution is -2.42. The van der Waals surface area contributed by atoms with Gasteiger partial charge in [-0.2, -0.15) is 4.31 Å². The molecular formula is C14H18Cl3NO2S. The van der Waals surface area contributed by atoms with E-state index in [-0.39, 0.29) is 16.8 Å². The maximum absolute atomic E-state index is 12.9. The van der Waals surface area contributed by atoms with Gasteiger partial charge in [0.05, 0.1) is 4.90 Å². The Morgan fingerprint density at radius 2 is 1.62 bits per heavy atom. The molecular weight excluding hydrogens is 353 g/mol. The van der Waals surface area contributed by atoms with E-state index >= 15 is 0 Å². The fourth-order valence-corrected chi connectivity index (χ4v) is 5.46. The molecule has 0 N–H and O–H groups in total. The van der Waals surface area contributed by atoms with E-state index in [4.69, 9.17) is 34.8 Å². The van der Waals surface area contributed by atoms with Gasteiger partial charge in [-0.1, -0.05) is 42.5 Å². The van der Waals surface area contributed by atoms with Crippen molar-refractivity contribution in [1.29, 1.82) is 0 Å². The zero-order valence-corrected chi connectivity index (χ0v) is 14.6. The number of nitrogens with zero attached hydrogens (tertiary/aromatic N) is 1. The molecule has 0 radical (unpaired) electrons. The number of sulfonamides is 1. The first-order valence-electron chi connectivity index (χ1n) is 6.99. The summed E-state index contributed by atoms with van der Waals surface area (Å²) >= 11 is 17.7. The van der Waals surface area contributed by atoms with Crippen molar-refractivity contribution in [3.8, 4) is 0 Å². The molecule has 21 heavy (non-hydrogen) atoms. The molecule has 0 amide bonds. The molecule has 3 nitrogen and oxygen atoms in total. The normalized spacial score (nSPS) is 17.3. The van der Waals surface area contributed by atoms with Crippen molar-refractivity contribution in [2.75, 3.05) is 12.4 Å².